The molecule has 15 heavy (non-hydrogen) atoms. The summed E-state index contributed by atoms with van der Waals surface area (Å²) >= 11 is 0. The van der Waals surface area contributed by atoms with E-state index in [0.29, 0.717) is 0 Å². The van der Waals surface area contributed by atoms with Gasteiger partial charge in [0, 0.05) is 6.42 Å². The first kappa shape index (κ1) is 10.1. The van der Waals surface area contributed by atoms with E-state index in [2.05, 4.69) is 0 Å². The number of carboxylic acids is 1. The van der Waals surface area contributed by atoms with Crippen molar-refractivity contribution >= 4 is 5.97 Å². The van der Waals surface area contributed by atoms with E-state index in [1.807, 2.05) is 0 Å². The van der Waals surface area contributed by atoms with E-state index in [-0.39, 0.29) is 18.2 Å². The fourth-order valence-electron chi connectivity index (χ4n) is 2.22. The number of carbonyl (C=O) groups is 1. The van der Waals surface area contributed by atoms with Gasteiger partial charge in [0.1, 0.15) is 5.82 Å². The standard InChI is InChI=1S/C12H13FO2/c13-11-4-3-9-5-8(6-12(14)15)1-2-10(9)7-11/h3-4,7-8H,1-2,5-6H2,(H,14,15). The highest BCUT2D eigenvalue weighted by Crippen LogP contribution is 2.27. The summed E-state index contributed by atoms with van der Waals surface area (Å²) in [5, 5.41) is 8.70. The van der Waals surface area contributed by atoms with Crippen molar-refractivity contribution in [1.82, 2.24) is 0 Å². The first-order chi connectivity index (χ1) is 7.15. The summed E-state index contributed by atoms with van der Waals surface area (Å²) in [7, 11) is 0. The van der Waals surface area contributed by atoms with Gasteiger partial charge in [-0.2, -0.15) is 0 Å². The average molecular weight is 208 g/mol. The topological polar surface area (TPSA) is 37.3 Å². The van der Waals surface area contributed by atoms with Crippen molar-refractivity contribution in [3.8, 4) is 0 Å². The number of aliphatic carboxylic acids is 1. The summed E-state index contributed by atoms with van der Waals surface area (Å²) in [5.41, 5.74) is 2.14. The molecule has 0 amide bonds. The van der Waals surface area contributed by atoms with E-state index in [4.69, 9.17) is 5.11 Å². The van der Waals surface area contributed by atoms with Crippen LogP contribution in [0.3, 0.4) is 0 Å². The van der Waals surface area contributed by atoms with Crippen molar-refractivity contribution in [2.24, 2.45) is 5.92 Å². The SMILES string of the molecule is O=C(O)CC1CCc2cc(F)ccc2C1. The van der Waals surface area contributed by atoms with Gasteiger partial charge >= 0.3 is 5.97 Å². The monoisotopic (exact) mass is 208 g/mol. The lowest BCUT2D eigenvalue weighted by atomic mass is 9.82. The van der Waals surface area contributed by atoms with E-state index in [1.165, 1.54) is 6.07 Å². The predicted molar refractivity (Wildman–Crippen MR) is 54.2 cm³/mol. The highest BCUT2D eigenvalue weighted by atomic mass is 19.1. The molecule has 0 saturated carbocycles. The molecule has 2 nitrogen and oxygen atoms in total. The van der Waals surface area contributed by atoms with E-state index in [9.17, 15) is 9.18 Å². The zero-order valence-electron chi connectivity index (χ0n) is 8.37. The third kappa shape index (κ3) is 2.35. The Morgan fingerprint density at radius 2 is 2.27 bits per heavy atom. The van der Waals surface area contributed by atoms with Crippen molar-refractivity contribution in [2.75, 3.05) is 0 Å². The Bertz CT molecular complexity index is 387. The third-order valence-electron chi connectivity index (χ3n) is 2.96. The Morgan fingerprint density at radius 1 is 1.47 bits per heavy atom. The summed E-state index contributed by atoms with van der Waals surface area (Å²) in [5.74, 6) is -0.739. The number of benzene rings is 1. The second-order valence-electron chi connectivity index (χ2n) is 4.12. The van der Waals surface area contributed by atoms with Crippen LogP contribution in [-0.2, 0) is 17.6 Å². The van der Waals surface area contributed by atoms with Crippen molar-refractivity contribution in [3.63, 3.8) is 0 Å². The molecule has 1 aromatic carbocycles. The number of hydrogen-bond donors (Lipinski definition) is 1. The van der Waals surface area contributed by atoms with Crippen LogP contribution >= 0.6 is 0 Å². The number of fused-ring (bicyclic) bond motifs is 1. The molecule has 0 aromatic heterocycles. The Kier molecular flexibility index (Phi) is 2.71. The maximum Gasteiger partial charge on any atom is 0.303 e. The highest BCUT2D eigenvalue weighted by molar-refractivity contribution is 5.67. The summed E-state index contributed by atoms with van der Waals surface area (Å²) in [4.78, 5) is 10.6. The van der Waals surface area contributed by atoms with Crippen LogP contribution in [0.4, 0.5) is 4.39 Å². The maximum atomic E-state index is 12.9. The largest absolute Gasteiger partial charge is 0.481 e. The number of carboxylic acid groups (broad SMARTS) is 1. The minimum atomic E-state index is -0.745. The predicted octanol–water partition coefficient (Wildman–Crippen LogP) is 2.41. The number of rotatable bonds is 2. The summed E-state index contributed by atoms with van der Waals surface area (Å²) in [6, 6.07) is 4.78. The van der Waals surface area contributed by atoms with Crippen molar-refractivity contribution in [1.29, 1.82) is 0 Å². The molecule has 0 radical (unpaired) electrons. The molecule has 0 saturated heterocycles. The second-order valence-corrected chi connectivity index (χ2v) is 4.12. The first-order valence-corrected chi connectivity index (χ1v) is 5.14. The highest BCUT2D eigenvalue weighted by Gasteiger charge is 2.20. The van der Waals surface area contributed by atoms with E-state index < -0.39 is 5.97 Å². The van der Waals surface area contributed by atoms with Gasteiger partial charge in [-0.1, -0.05) is 6.07 Å². The van der Waals surface area contributed by atoms with E-state index >= 15 is 0 Å². The lowest BCUT2D eigenvalue weighted by Gasteiger charge is -2.23. The van der Waals surface area contributed by atoms with Gasteiger partial charge in [-0.05, 0) is 48.4 Å². The third-order valence-corrected chi connectivity index (χ3v) is 2.96. The molecule has 1 unspecified atom stereocenters. The van der Waals surface area contributed by atoms with E-state index in [1.54, 1.807) is 12.1 Å². The fraction of sp³-hybridized carbons (Fsp3) is 0.417. The summed E-state index contributed by atoms with van der Waals surface area (Å²) in [6.45, 7) is 0. The molecular formula is C12H13FO2. The normalized spacial score (nSPS) is 19.7. The molecule has 0 bridgehead atoms. The second kappa shape index (κ2) is 4.01. The smallest absolute Gasteiger partial charge is 0.303 e. The minimum absolute atomic E-state index is 0.203. The van der Waals surface area contributed by atoms with Gasteiger partial charge in [0.05, 0.1) is 0 Å². The molecule has 1 aromatic rings. The van der Waals surface area contributed by atoms with Gasteiger partial charge in [0.2, 0.25) is 0 Å². The minimum Gasteiger partial charge on any atom is -0.481 e. The van der Waals surface area contributed by atoms with Crippen LogP contribution in [0.2, 0.25) is 0 Å². The van der Waals surface area contributed by atoms with Crippen LogP contribution in [0.1, 0.15) is 24.0 Å². The molecule has 1 aliphatic rings. The molecule has 1 aliphatic carbocycles. The lowest BCUT2D eigenvalue weighted by molar-refractivity contribution is -0.138. The van der Waals surface area contributed by atoms with Crippen LogP contribution in [0.15, 0.2) is 18.2 Å². The molecule has 0 aliphatic heterocycles. The number of halogens is 1. The van der Waals surface area contributed by atoms with Crippen molar-refractivity contribution in [2.45, 2.75) is 25.7 Å². The van der Waals surface area contributed by atoms with Crippen molar-refractivity contribution in [3.05, 3.63) is 35.1 Å². The van der Waals surface area contributed by atoms with Gasteiger partial charge in [-0.3, -0.25) is 4.79 Å². The molecule has 0 fully saturated rings. The van der Waals surface area contributed by atoms with Crippen molar-refractivity contribution < 1.29 is 14.3 Å². The van der Waals surface area contributed by atoms with Crippen LogP contribution in [-0.4, -0.2) is 11.1 Å². The fourth-order valence-corrected chi connectivity index (χ4v) is 2.22. The van der Waals surface area contributed by atoms with Gasteiger partial charge in [-0.25, -0.2) is 4.39 Å². The first-order valence-electron chi connectivity index (χ1n) is 5.14. The molecule has 1 atom stereocenters. The van der Waals surface area contributed by atoms with Crippen LogP contribution in [0.5, 0.6) is 0 Å². The molecule has 0 heterocycles. The summed E-state index contributed by atoms with van der Waals surface area (Å²) < 4.78 is 12.9. The lowest BCUT2D eigenvalue weighted by Crippen LogP contribution is -2.17. The van der Waals surface area contributed by atoms with E-state index in [0.717, 1.165) is 30.4 Å². The van der Waals surface area contributed by atoms with Gasteiger partial charge in [0.25, 0.3) is 0 Å². The number of hydrogen-bond acceptors (Lipinski definition) is 1. The molecule has 2 rings (SSSR count). The van der Waals surface area contributed by atoms with Gasteiger partial charge < -0.3 is 5.11 Å². The molecule has 1 N–H and O–H groups in total. The molecule has 0 spiro atoms. The van der Waals surface area contributed by atoms with Gasteiger partial charge in [0.15, 0.2) is 0 Å². The Morgan fingerprint density at radius 3 is 3.00 bits per heavy atom. The Labute approximate surface area is 87.7 Å². The quantitative estimate of drug-likeness (QED) is 0.810. The molecular weight excluding hydrogens is 195 g/mol. The Balaban J connectivity index is 2.13. The molecule has 80 valence electrons. The van der Waals surface area contributed by atoms with Crippen LogP contribution < -0.4 is 0 Å². The maximum absolute atomic E-state index is 12.9. The summed E-state index contributed by atoms with van der Waals surface area (Å²) in [6.07, 6.45) is 2.63. The van der Waals surface area contributed by atoms with Gasteiger partial charge in [-0.15, -0.1) is 0 Å². The number of aryl methyl sites for hydroxylation is 1. The molecule has 3 heteroatoms. The zero-order valence-corrected chi connectivity index (χ0v) is 8.37. The van der Waals surface area contributed by atoms with Crippen LogP contribution in [0, 0.1) is 11.7 Å². The van der Waals surface area contributed by atoms with Crippen LogP contribution in [0.25, 0.3) is 0 Å². The zero-order chi connectivity index (χ0) is 10.8. The average Bonchev–Trinajstić information content (AvgIpc) is 2.17. The Hall–Kier alpha value is -1.38.